The quantitative estimate of drug-likeness (QED) is 0.829. The Morgan fingerprint density at radius 2 is 1.93 bits per heavy atom. The minimum absolute atomic E-state index is 0.0791. The molecule has 0 unspecified atom stereocenters. The molecular formula is C20H19N3O5. The largest absolute Gasteiger partial charge is 0.466 e. The summed E-state index contributed by atoms with van der Waals surface area (Å²) in [6, 6.07) is 6.90. The molecule has 1 saturated carbocycles. The van der Waals surface area contributed by atoms with Crippen molar-refractivity contribution >= 4 is 23.2 Å². The third-order valence-electron chi connectivity index (χ3n) is 5.14. The highest BCUT2D eigenvalue weighted by Gasteiger charge is 2.42. The smallest absolute Gasteiger partial charge is 0.262 e. The van der Waals surface area contributed by atoms with Gasteiger partial charge in [-0.05, 0) is 31.0 Å². The van der Waals surface area contributed by atoms with Crippen LogP contribution in [0.3, 0.4) is 0 Å². The molecule has 1 fully saturated rings. The maximum Gasteiger partial charge on any atom is 0.262 e. The minimum Gasteiger partial charge on any atom is -0.466 e. The molecule has 3 aliphatic rings. The van der Waals surface area contributed by atoms with Gasteiger partial charge < -0.3 is 24.8 Å². The Labute approximate surface area is 161 Å². The number of hydrogen-bond acceptors (Lipinski definition) is 6. The lowest BCUT2D eigenvalue weighted by Crippen LogP contribution is -2.40. The molecule has 2 N–H and O–H groups in total. The van der Waals surface area contributed by atoms with E-state index >= 15 is 0 Å². The normalized spacial score (nSPS) is 18.8. The van der Waals surface area contributed by atoms with E-state index in [2.05, 4.69) is 15.6 Å². The first-order valence-electron chi connectivity index (χ1n) is 9.36. The van der Waals surface area contributed by atoms with Crippen LogP contribution in [-0.4, -0.2) is 29.2 Å². The number of carbonyl (C=O) groups excluding carboxylic acids is 2. The lowest BCUT2D eigenvalue weighted by Gasteiger charge is -2.31. The number of carbonyl (C=O) groups is 2. The zero-order valence-corrected chi connectivity index (χ0v) is 15.1. The number of nitrogens with one attached hydrogen (secondary N) is 2. The van der Waals surface area contributed by atoms with Crippen LogP contribution >= 0.6 is 0 Å². The maximum atomic E-state index is 12.6. The van der Waals surface area contributed by atoms with Crippen LogP contribution in [0.15, 0.2) is 30.5 Å². The second-order valence-corrected chi connectivity index (χ2v) is 7.20. The molecule has 144 valence electrons. The van der Waals surface area contributed by atoms with E-state index in [0.29, 0.717) is 34.3 Å². The number of rotatable bonds is 2. The fourth-order valence-corrected chi connectivity index (χ4v) is 3.77. The second kappa shape index (κ2) is 6.40. The van der Waals surface area contributed by atoms with E-state index < -0.39 is 5.79 Å². The van der Waals surface area contributed by atoms with Gasteiger partial charge in [-0.2, -0.15) is 0 Å². The monoisotopic (exact) mass is 381 g/mol. The molecule has 1 aromatic carbocycles. The van der Waals surface area contributed by atoms with Gasteiger partial charge >= 0.3 is 0 Å². The van der Waals surface area contributed by atoms with Crippen molar-refractivity contribution in [3.63, 3.8) is 0 Å². The van der Waals surface area contributed by atoms with Crippen molar-refractivity contribution in [1.82, 2.24) is 4.98 Å². The van der Waals surface area contributed by atoms with Crippen LogP contribution < -0.4 is 24.8 Å². The van der Waals surface area contributed by atoms with E-state index in [-0.39, 0.29) is 18.4 Å². The fraction of sp³-hybridized carbons (Fsp3) is 0.350. The molecule has 1 aromatic heterocycles. The standard InChI is InChI=1S/C20H19N3O5/c24-17-11-26-19-14(23-17)8-12(10-21-19)18(25)22-13-4-5-15-16(9-13)28-20(27-15)6-2-1-3-7-20/h4-5,8-10H,1-3,6-7,11H2,(H,22,25)(H,23,24). The van der Waals surface area contributed by atoms with E-state index in [4.69, 9.17) is 14.2 Å². The van der Waals surface area contributed by atoms with Crippen molar-refractivity contribution in [2.45, 2.75) is 37.9 Å². The lowest BCUT2D eigenvalue weighted by atomic mass is 9.94. The molecule has 0 bridgehead atoms. The van der Waals surface area contributed by atoms with Gasteiger partial charge in [0, 0.05) is 30.8 Å². The van der Waals surface area contributed by atoms with Gasteiger partial charge in [0.15, 0.2) is 18.1 Å². The second-order valence-electron chi connectivity index (χ2n) is 7.20. The summed E-state index contributed by atoms with van der Waals surface area (Å²) >= 11 is 0. The lowest BCUT2D eigenvalue weighted by molar-refractivity contribution is -0.118. The van der Waals surface area contributed by atoms with Crippen LogP contribution in [0, 0.1) is 0 Å². The van der Waals surface area contributed by atoms with E-state index in [1.807, 2.05) is 6.07 Å². The van der Waals surface area contributed by atoms with Crippen molar-refractivity contribution in [2.75, 3.05) is 17.2 Å². The molecule has 3 heterocycles. The van der Waals surface area contributed by atoms with E-state index in [1.165, 1.54) is 12.6 Å². The van der Waals surface area contributed by atoms with Gasteiger partial charge in [-0.3, -0.25) is 9.59 Å². The summed E-state index contributed by atoms with van der Waals surface area (Å²) < 4.78 is 17.4. The van der Waals surface area contributed by atoms with Gasteiger partial charge in [0.05, 0.1) is 5.56 Å². The number of aromatic nitrogens is 1. The van der Waals surface area contributed by atoms with Gasteiger partial charge in [0.25, 0.3) is 17.6 Å². The van der Waals surface area contributed by atoms with Crippen LogP contribution in [0.4, 0.5) is 11.4 Å². The SMILES string of the molecule is O=C1COc2ncc(C(=O)Nc3ccc4c(c3)OC3(CCCCC3)O4)cc2N1. The number of nitrogens with zero attached hydrogens (tertiary/aromatic N) is 1. The molecular weight excluding hydrogens is 362 g/mol. The van der Waals surface area contributed by atoms with Crippen molar-refractivity contribution in [2.24, 2.45) is 0 Å². The highest BCUT2D eigenvalue weighted by Crippen LogP contribution is 2.46. The summed E-state index contributed by atoms with van der Waals surface area (Å²) in [6.07, 6.45) is 6.53. The Morgan fingerprint density at radius 1 is 1.11 bits per heavy atom. The minimum atomic E-state index is -0.552. The zero-order chi connectivity index (χ0) is 19.1. The molecule has 8 nitrogen and oxygen atoms in total. The van der Waals surface area contributed by atoms with Gasteiger partial charge in [-0.25, -0.2) is 4.98 Å². The van der Waals surface area contributed by atoms with Gasteiger partial charge in [0.2, 0.25) is 5.88 Å². The summed E-state index contributed by atoms with van der Waals surface area (Å²) in [6.45, 7) is -0.0791. The van der Waals surface area contributed by atoms with Crippen molar-refractivity contribution < 1.29 is 23.8 Å². The van der Waals surface area contributed by atoms with Crippen LogP contribution in [0.2, 0.25) is 0 Å². The van der Waals surface area contributed by atoms with E-state index in [1.54, 1.807) is 18.2 Å². The first kappa shape index (κ1) is 16.9. The molecule has 2 amide bonds. The molecule has 0 radical (unpaired) electrons. The molecule has 5 rings (SSSR count). The number of ether oxygens (including phenoxy) is 3. The molecule has 0 atom stereocenters. The highest BCUT2D eigenvalue weighted by atomic mass is 16.7. The Kier molecular flexibility index (Phi) is 3.85. The molecule has 8 heteroatoms. The van der Waals surface area contributed by atoms with Crippen molar-refractivity contribution in [3.05, 3.63) is 36.0 Å². The molecule has 28 heavy (non-hydrogen) atoms. The molecule has 2 aromatic rings. The highest BCUT2D eigenvalue weighted by molar-refractivity contribution is 6.05. The molecule has 1 aliphatic carbocycles. The number of hydrogen-bond donors (Lipinski definition) is 2. The third kappa shape index (κ3) is 3.00. The summed E-state index contributed by atoms with van der Waals surface area (Å²) in [5.41, 5.74) is 1.29. The molecule has 0 saturated heterocycles. The van der Waals surface area contributed by atoms with E-state index in [0.717, 1.165) is 25.7 Å². The van der Waals surface area contributed by atoms with Crippen LogP contribution in [0.1, 0.15) is 42.5 Å². The Bertz CT molecular complexity index is 968. The maximum absolute atomic E-state index is 12.6. The fourth-order valence-electron chi connectivity index (χ4n) is 3.77. The topological polar surface area (TPSA) is 98.8 Å². The molecule has 1 spiro atoms. The molecule has 2 aliphatic heterocycles. The number of amides is 2. The van der Waals surface area contributed by atoms with Crippen LogP contribution in [0.25, 0.3) is 0 Å². The average Bonchev–Trinajstić information content (AvgIpc) is 3.04. The van der Waals surface area contributed by atoms with Crippen molar-refractivity contribution in [3.8, 4) is 17.4 Å². The zero-order valence-electron chi connectivity index (χ0n) is 15.1. The Morgan fingerprint density at radius 3 is 2.79 bits per heavy atom. The number of fused-ring (bicyclic) bond motifs is 2. The first-order chi connectivity index (χ1) is 13.6. The van der Waals surface area contributed by atoms with E-state index in [9.17, 15) is 9.59 Å². The van der Waals surface area contributed by atoms with Crippen LogP contribution in [0.5, 0.6) is 17.4 Å². The number of benzene rings is 1. The average molecular weight is 381 g/mol. The van der Waals surface area contributed by atoms with Crippen molar-refractivity contribution in [1.29, 1.82) is 0 Å². The summed E-state index contributed by atoms with van der Waals surface area (Å²) in [5, 5.41) is 5.47. The predicted octanol–water partition coefficient (Wildman–Crippen LogP) is 3.10. The first-order valence-corrected chi connectivity index (χ1v) is 9.36. The number of anilines is 2. The summed E-state index contributed by atoms with van der Waals surface area (Å²) in [7, 11) is 0. The Hall–Kier alpha value is -3.29. The van der Waals surface area contributed by atoms with Crippen LogP contribution in [-0.2, 0) is 4.79 Å². The number of pyridine rings is 1. The van der Waals surface area contributed by atoms with Gasteiger partial charge in [-0.1, -0.05) is 6.42 Å². The third-order valence-corrected chi connectivity index (χ3v) is 5.14. The summed E-state index contributed by atoms with van der Waals surface area (Å²) in [4.78, 5) is 28.1. The summed E-state index contributed by atoms with van der Waals surface area (Å²) in [5.74, 6) is 0.473. The predicted molar refractivity (Wildman–Crippen MR) is 99.8 cm³/mol. The van der Waals surface area contributed by atoms with Gasteiger partial charge in [0.1, 0.15) is 5.69 Å². The Balaban J connectivity index is 1.32. The van der Waals surface area contributed by atoms with Gasteiger partial charge in [-0.15, -0.1) is 0 Å².